The topological polar surface area (TPSA) is 0 Å². The van der Waals surface area contributed by atoms with E-state index in [1.165, 1.54) is 38.5 Å². The summed E-state index contributed by atoms with van der Waals surface area (Å²) in [5.74, 6) is 7.56. The fourth-order valence-electron chi connectivity index (χ4n) is 7.62. The first-order chi connectivity index (χ1) is 13.7. The van der Waals surface area contributed by atoms with Crippen LogP contribution >= 0.6 is 0 Å². The molecule has 0 N–H and O–H groups in total. The van der Waals surface area contributed by atoms with Crippen LogP contribution in [-0.4, -0.2) is 0 Å². The molecule has 0 saturated heterocycles. The van der Waals surface area contributed by atoms with Gasteiger partial charge in [-0.1, -0.05) is 96.8 Å². The van der Waals surface area contributed by atoms with Crippen molar-refractivity contribution in [2.75, 3.05) is 0 Å². The van der Waals surface area contributed by atoms with Crippen LogP contribution < -0.4 is 0 Å². The third kappa shape index (κ3) is 8.18. The third-order valence-corrected chi connectivity index (χ3v) is 9.63. The zero-order valence-electron chi connectivity index (χ0n) is 19.6. The molecule has 4 saturated carbocycles. The molecule has 0 unspecified atom stereocenters. The van der Waals surface area contributed by atoms with Crippen LogP contribution in [0.15, 0.2) is 0 Å². The van der Waals surface area contributed by atoms with Gasteiger partial charge in [-0.15, -0.1) is 0 Å². The van der Waals surface area contributed by atoms with Gasteiger partial charge in [-0.25, -0.2) is 0 Å². The van der Waals surface area contributed by atoms with Crippen LogP contribution in [0.2, 0.25) is 0 Å². The standard InChI is InChI=1S/C28H49.Pa/c1-22-7-9-24(10-8-22)20-26-15-17-28(18-16-26)21-27-13-11-25(12-14-27)19-23-5-3-2-4-6-23;/h2,22-28H,3-21H2,1H3;/q-1;. The molecule has 4 rings (SSSR count). The molecule has 0 aromatic heterocycles. The summed E-state index contributed by atoms with van der Waals surface area (Å²) in [6.07, 6.45) is 31.8. The quantitative estimate of drug-likeness (QED) is 0.261. The van der Waals surface area contributed by atoms with E-state index in [0.29, 0.717) is 0 Å². The first kappa shape index (κ1) is 24.7. The summed E-state index contributed by atoms with van der Waals surface area (Å²) >= 11 is 0. The Morgan fingerprint density at radius 3 is 1.07 bits per heavy atom. The van der Waals surface area contributed by atoms with Gasteiger partial charge in [-0.2, -0.15) is 12.8 Å². The van der Waals surface area contributed by atoms with E-state index in [0.717, 1.165) is 41.4 Å². The number of hydrogen-bond donors (Lipinski definition) is 0. The maximum Gasteiger partial charge on any atom is 0 e. The van der Waals surface area contributed by atoms with E-state index in [-0.39, 0.29) is 32.3 Å². The SMILES string of the molecule is CC1CCC(CC2CCC(CC3CCC(CC4CC[CH-]CC4)CC3)CC2)CC1.[Pa]. The normalized spacial score (nSPS) is 39.6. The molecule has 165 valence electrons. The molecule has 0 atom stereocenters. The predicted molar refractivity (Wildman–Crippen MR) is 122 cm³/mol. The molecule has 4 aliphatic rings. The second-order valence-electron chi connectivity index (χ2n) is 11.9. The first-order valence-electron chi connectivity index (χ1n) is 13.6. The first-order valence-corrected chi connectivity index (χ1v) is 13.6. The summed E-state index contributed by atoms with van der Waals surface area (Å²) in [5.41, 5.74) is 0. The zero-order chi connectivity index (χ0) is 19.2. The van der Waals surface area contributed by atoms with E-state index in [1.54, 1.807) is 83.5 Å². The van der Waals surface area contributed by atoms with Gasteiger partial charge in [-0.3, -0.25) is 0 Å². The molecular weight excluding hydrogens is 567 g/mol. The van der Waals surface area contributed by atoms with E-state index >= 15 is 0 Å². The maximum atomic E-state index is 2.53. The van der Waals surface area contributed by atoms with E-state index in [9.17, 15) is 0 Å². The fraction of sp³-hybridized carbons (Fsp3) is 0.964. The zero-order valence-corrected chi connectivity index (χ0v) is 24.4. The van der Waals surface area contributed by atoms with Crippen molar-refractivity contribution in [2.45, 2.75) is 129 Å². The van der Waals surface area contributed by atoms with Gasteiger partial charge in [0.2, 0.25) is 0 Å². The third-order valence-electron chi connectivity index (χ3n) is 9.63. The van der Waals surface area contributed by atoms with Crippen LogP contribution in [0, 0.1) is 80.2 Å². The van der Waals surface area contributed by atoms with E-state index in [4.69, 9.17) is 0 Å². The molecule has 29 heavy (non-hydrogen) atoms. The Morgan fingerprint density at radius 1 is 0.448 bits per heavy atom. The summed E-state index contributed by atoms with van der Waals surface area (Å²) in [4.78, 5) is 0. The van der Waals surface area contributed by atoms with Crippen LogP contribution in [0.3, 0.4) is 0 Å². The van der Waals surface area contributed by atoms with Crippen LogP contribution in [0.5, 0.6) is 0 Å². The fourth-order valence-corrected chi connectivity index (χ4v) is 7.62. The van der Waals surface area contributed by atoms with E-state index in [1.807, 2.05) is 0 Å². The predicted octanol–water partition coefficient (Wildman–Crippen LogP) is 8.99. The Kier molecular flexibility index (Phi) is 11.0. The van der Waals surface area contributed by atoms with Crippen molar-refractivity contribution < 1.29 is 32.3 Å². The minimum Gasteiger partial charge on any atom is -0.328 e. The van der Waals surface area contributed by atoms with Crippen molar-refractivity contribution in [3.05, 3.63) is 6.42 Å². The molecule has 0 aliphatic heterocycles. The minimum absolute atomic E-state index is 0. The van der Waals surface area contributed by atoms with Gasteiger partial charge in [0.1, 0.15) is 0 Å². The smallest absolute Gasteiger partial charge is 0 e. The average Bonchev–Trinajstić information content (AvgIpc) is 2.73. The van der Waals surface area contributed by atoms with Crippen molar-refractivity contribution in [3.63, 3.8) is 0 Å². The van der Waals surface area contributed by atoms with Gasteiger partial charge >= 0.3 is 0 Å². The molecule has 4 aliphatic carbocycles. The van der Waals surface area contributed by atoms with Crippen molar-refractivity contribution in [2.24, 2.45) is 41.4 Å². The van der Waals surface area contributed by atoms with Crippen LogP contribution in [0.25, 0.3) is 0 Å². The minimum atomic E-state index is 0. The van der Waals surface area contributed by atoms with Crippen LogP contribution in [-0.2, 0) is 0 Å². The summed E-state index contributed by atoms with van der Waals surface area (Å²) in [6, 6.07) is 0. The molecule has 1 heteroatoms. The van der Waals surface area contributed by atoms with Gasteiger partial charge < -0.3 is 6.42 Å². The summed E-state index contributed by atoms with van der Waals surface area (Å²) in [5, 5.41) is 0. The van der Waals surface area contributed by atoms with Gasteiger partial charge in [0.05, 0.1) is 0 Å². The Hall–Kier alpha value is 1.09. The molecule has 0 aromatic carbocycles. The Labute approximate surface area is 208 Å². The van der Waals surface area contributed by atoms with Crippen molar-refractivity contribution in [1.82, 2.24) is 0 Å². The molecule has 4 fully saturated rings. The number of hydrogen-bond acceptors (Lipinski definition) is 0. The largest absolute Gasteiger partial charge is 0.328 e. The molecule has 1 radical (unpaired) electrons. The maximum absolute atomic E-state index is 2.53. The molecule has 0 spiro atoms. The van der Waals surface area contributed by atoms with Crippen molar-refractivity contribution in [3.8, 4) is 0 Å². The molecule has 0 nitrogen and oxygen atoms in total. The summed E-state index contributed by atoms with van der Waals surface area (Å²) in [7, 11) is 0. The van der Waals surface area contributed by atoms with Gasteiger partial charge in [0.15, 0.2) is 0 Å². The Morgan fingerprint density at radius 2 is 0.724 bits per heavy atom. The molecule has 0 heterocycles. The Balaban J connectivity index is 0.00000240. The van der Waals surface area contributed by atoms with Crippen molar-refractivity contribution in [1.29, 1.82) is 0 Å². The molecule has 0 aromatic rings. The van der Waals surface area contributed by atoms with Crippen molar-refractivity contribution >= 4 is 0 Å². The second kappa shape index (κ2) is 13.0. The molecule has 0 amide bonds. The van der Waals surface area contributed by atoms with Crippen LogP contribution in [0.1, 0.15) is 129 Å². The van der Waals surface area contributed by atoms with Gasteiger partial charge in [0, 0.05) is 32.3 Å². The molecular formula is C28H49Pa-. The summed E-state index contributed by atoms with van der Waals surface area (Å²) in [6.45, 7) is 2.46. The average molecular weight is 617 g/mol. The van der Waals surface area contributed by atoms with Crippen LogP contribution in [0.4, 0.5) is 0 Å². The molecule has 0 bridgehead atoms. The van der Waals surface area contributed by atoms with Gasteiger partial charge in [-0.05, 0) is 60.7 Å². The second-order valence-corrected chi connectivity index (χ2v) is 11.9. The van der Waals surface area contributed by atoms with E-state index in [2.05, 4.69) is 13.3 Å². The monoisotopic (exact) mass is 616 g/mol. The summed E-state index contributed by atoms with van der Waals surface area (Å²) < 4.78 is 0. The van der Waals surface area contributed by atoms with E-state index < -0.39 is 0 Å². The number of rotatable bonds is 6. The Bertz CT molecular complexity index is 416. The van der Waals surface area contributed by atoms with Gasteiger partial charge in [0.25, 0.3) is 0 Å².